The van der Waals surface area contributed by atoms with Crippen LogP contribution in [0.5, 0.6) is 5.75 Å². The first-order valence-electron chi connectivity index (χ1n) is 12.5. The highest BCUT2D eigenvalue weighted by atomic mass is 19.1. The average Bonchev–Trinajstić information content (AvgIpc) is 2.95. The number of rotatable bonds is 6. The number of ether oxygens (including phenoxy) is 2. The van der Waals surface area contributed by atoms with E-state index in [2.05, 4.69) is 26.3 Å². The van der Waals surface area contributed by atoms with E-state index in [4.69, 9.17) is 14.6 Å². The molecule has 2 fully saturated rings. The number of nitriles is 1. The van der Waals surface area contributed by atoms with Gasteiger partial charge >= 0.3 is 6.09 Å². The Bertz CT molecular complexity index is 1320. The summed E-state index contributed by atoms with van der Waals surface area (Å²) < 4.78 is 25.0. The number of likely N-dealkylation sites (tertiary alicyclic amines) is 1. The molecule has 38 heavy (non-hydrogen) atoms. The van der Waals surface area contributed by atoms with Gasteiger partial charge in [0.15, 0.2) is 12.0 Å². The summed E-state index contributed by atoms with van der Waals surface area (Å²) in [5.74, 6) is 1.36. The summed E-state index contributed by atoms with van der Waals surface area (Å²) in [7, 11) is 0. The van der Waals surface area contributed by atoms with Crippen molar-refractivity contribution in [3.63, 3.8) is 0 Å². The maximum Gasteiger partial charge on any atom is 0.407 e. The SMILES string of the molecule is N#Cc1cc(-c2ncnc(Nc3ccc(C4CCN(C(=O)O)CC4)cc3)n2)ccc1O[C@H]1CCOC[C@@H]1F. The van der Waals surface area contributed by atoms with E-state index in [9.17, 15) is 14.4 Å². The van der Waals surface area contributed by atoms with Crippen LogP contribution in [0, 0.1) is 11.3 Å². The zero-order valence-corrected chi connectivity index (χ0v) is 20.6. The highest BCUT2D eigenvalue weighted by Crippen LogP contribution is 2.30. The number of carboxylic acid groups (broad SMARTS) is 1. The van der Waals surface area contributed by atoms with Crippen LogP contribution in [0.4, 0.5) is 20.8 Å². The molecule has 2 N–H and O–H groups in total. The second-order valence-electron chi connectivity index (χ2n) is 9.28. The zero-order valence-electron chi connectivity index (χ0n) is 20.6. The number of piperidine rings is 1. The van der Waals surface area contributed by atoms with Gasteiger partial charge in [-0.1, -0.05) is 12.1 Å². The number of halogens is 1. The van der Waals surface area contributed by atoms with Crippen molar-refractivity contribution >= 4 is 17.7 Å². The third-order valence-corrected chi connectivity index (χ3v) is 6.84. The second kappa shape index (κ2) is 11.4. The van der Waals surface area contributed by atoms with Gasteiger partial charge in [0.05, 0.1) is 18.8 Å². The number of alkyl halides is 1. The number of anilines is 2. The molecule has 1 aromatic heterocycles. The second-order valence-corrected chi connectivity index (χ2v) is 9.28. The minimum Gasteiger partial charge on any atom is -0.486 e. The maximum atomic E-state index is 14.1. The molecule has 2 atom stereocenters. The largest absolute Gasteiger partial charge is 0.486 e. The highest BCUT2D eigenvalue weighted by molar-refractivity contribution is 5.65. The van der Waals surface area contributed by atoms with Crippen molar-refractivity contribution in [3.05, 3.63) is 59.9 Å². The van der Waals surface area contributed by atoms with Gasteiger partial charge in [-0.2, -0.15) is 10.2 Å². The Kier molecular flexibility index (Phi) is 7.60. The van der Waals surface area contributed by atoms with E-state index in [1.54, 1.807) is 18.2 Å². The molecular formula is C27H27FN6O4. The number of nitrogens with zero attached hydrogens (tertiary/aromatic N) is 5. The number of hydrogen-bond donors (Lipinski definition) is 2. The van der Waals surface area contributed by atoms with Crippen LogP contribution in [-0.4, -0.2) is 69.6 Å². The van der Waals surface area contributed by atoms with Gasteiger partial charge in [0, 0.05) is 30.8 Å². The van der Waals surface area contributed by atoms with Crippen LogP contribution in [0.25, 0.3) is 11.4 Å². The Morgan fingerprint density at radius 3 is 2.66 bits per heavy atom. The van der Waals surface area contributed by atoms with Gasteiger partial charge in [-0.3, -0.25) is 0 Å². The van der Waals surface area contributed by atoms with E-state index in [1.165, 1.54) is 16.8 Å². The van der Waals surface area contributed by atoms with Crippen LogP contribution in [0.2, 0.25) is 0 Å². The molecule has 3 aromatic rings. The molecule has 2 aliphatic heterocycles. The van der Waals surface area contributed by atoms with Crippen LogP contribution >= 0.6 is 0 Å². The first kappa shape index (κ1) is 25.4. The molecule has 10 nitrogen and oxygen atoms in total. The highest BCUT2D eigenvalue weighted by Gasteiger charge is 2.28. The monoisotopic (exact) mass is 518 g/mol. The van der Waals surface area contributed by atoms with Crippen molar-refractivity contribution in [1.29, 1.82) is 5.26 Å². The van der Waals surface area contributed by atoms with E-state index in [1.807, 2.05) is 24.3 Å². The smallest absolute Gasteiger partial charge is 0.407 e. The van der Waals surface area contributed by atoms with E-state index in [0.717, 1.165) is 18.5 Å². The summed E-state index contributed by atoms with van der Waals surface area (Å²) in [6.07, 6.45) is 0.646. The maximum absolute atomic E-state index is 14.1. The third kappa shape index (κ3) is 5.81. The average molecular weight is 519 g/mol. The number of nitrogens with one attached hydrogen (secondary N) is 1. The summed E-state index contributed by atoms with van der Waals surface area (Å²) in [4.78, 5) is 25.5. The first-order valence-corrected chi connectivity index (χ1v) is 12.5. The third-order valence-electron chi connectivity index (χ3n) is 6.84. The topological polar surface area (TPSA) is 133 Å². The lowest BCUT2D eigenvalue weighted by atomic mass is 9.89. The number of aromatic nitrogens is 3. The molecule has 2 saturated heterocycles. The van der Waals surface area contributed by atoms with Crippen molar-refractivity contribution in [1.82, 2.24) is 19.9 Å². The molecule has 0 unspecified atom stereocenters. The minimum atomic E-state index is -1.24. The summed E-state index contributed by atoms with van der Waals surface area (Å²) in [6.45, 7) is 1.49. The molecule has 5 rings (SSSR count). The predicted octanol–water partition coefficient (Wildman–Crippen LogP) is 4.52. The molecule has 0 spiro atoms. The fourth-order valence-electron chi connectivity index (χ4n) is 4.71. The molecule has 0 aliphatic carbocycles. The zero-order chi connectivity index (χ0) is 26.5. The Labute approximate surface area is 219 Å². The summed E-state index contributed by atoms with van der Waals surface area (Å²) >= 11 is 0. The molecular weight excluding hydrogens is 491 g/mol. The number of benzene rings is 2. The van der Waals surface area contributed by atoms with Crippen LogP contribution in [0.3, 0.4) is 0 Å². The minimum absolute atomic E-state index is 0.0138. The number of amides is 1. The molecule has 0 radical (unpaired) electrons. The standard InChI is InChI=1S/C27H27FN6O4/c28-22-15-37-12-9-24(22)38-23-6-3-19(13-20(23)14-29)25-30-16-31-26(33-25)32-21-4-1-17(2-5-21)18-7-10-34(11-8-18)27(35)36/h1-6,13,16,18,22,24H,7-12,15H2,(H,35,36)(H,30,31,32,33)/t22-,24-/m0/s1. The number of carbonyl (C=O) groups is 1. The molecule has 2 aromatic carbocycles. The lowest BCUT2D eigenvalue weighted by molar-refractivity contribution is -0.0383. The van der Waals surface area contributed by atoms with Crippen LogP contribution < -0.4 is 10.1 Å². The molecule has 1 amide bonds. The quantitative estimate of drug-likeness (QED) is 0.483. The van der Waals surface area contributed by atoms with Gasteiger partial charge in [-0.15, -0.1) is 0 Å². The summed E-state index contributed by atoms with van der Waals surface area (Å²) in [5, 5.41) is 22.0. The van der Waals surface area contributed by atoms with Gasteiger partial charge in [-0.25, -0.2) is 19.2 Å². The molecule has 0 bridgehead atoms. The first-order chi connectivity index (χ1) is 18.5. The lowest BCUT2D eigenvalue weighted by Gasteiger charge is -2.30. The fourth-order valence-corrected chi connectivity index (χ4v) is 4.71. The fraction of sp³-hybridized carbons (Fsp3) is 0.370. The van der Waals surface area contributed by atoms with Crippen molar-refractivity contribution in [2.45, 2.75) is 37.5 Å². The van der Waals surface area contributed by atoms with Crippen molar-refractivity contribution in [2.75, 3.05) is 31.6 Å². The van der Waals surface area contributed by atoms with Crippen LogP contribution in [0.1, 0.15) is 36.3 Å². The normalized spacial score (nSPS) is 19.9. The van der Waals surface area contributed by atoms with Crippen LogP contribution in [0.15, 0.2) is 48.8 Å². The van der Waals surface area contributed by atoms with Gasteiger partial charge in [0.1, 0.15) is 24.3 Å². The van der Waals surface area contributed by atoms with E-state index in [0.29, 0.717) is 55.1 Å². The Balaban J connectivity index is 1.25. The van der Waals surface area contributed by atoms with Crippen molar-refractivity contribution in [2.24, 2.45) is 0 Å². The summed E-state index contributed by atoms with van der Waals surface area (Å²) in [5.41, 5.74) is 2.84. The Morgan fingerprint density at radius 1 is 1.16 bits per heavy atom. The van der Waals surface area contributed by atoms with Gasteiger partial charge in [0.25, 0.3) is 0 Å². The molecule has 3 heterocycles. The Hall–Kier alpha value is -4.30. The van der Waals surface area contributed by atoms with Gasteiger partial charge in [-0.05, 0) is 54.7 Å². The van der Waals surface area contributed by atoms with E-state index < -0.39 is 18.4 Å². The van der Waals surface area contributed by atoms with Gasteiger partial charge in [0.2, 0.25) is 5.95 Å². The van der Waals surface area contributed by atoms with Crippen LogP contribution in [-0.2, 0) is 4.74 Å². The van der Waals surface area contributed by atoms with E-state index >= 15 is 0 Å². The van der Waals surface area contributed by atoms with E-state index in [-0.39, 0.29) is 12.2 Å². The Morgan fingerprint density at radius 2 is 1.95 bits per heavy atom. The van der Waals surface area contributed by atoms with Gasteiger partial charge < -0.3 is 24.8 Å². The molecule has 0 saturated carbocycles. The van der Waals surface area contributed by atoms with Crippen molar-refractivity contribution < 1.29 is 23.8 Å². The predicted molar refractivity (Wildman–Crippen MR) is 136 cm³/mol. The molecule has 2 aliphatic rings. The lowest BCUT2D eigenvalue weighted by Crippen LogP contribution is -2.37. The van der Waals surface area contributed by atoms with Crippen molar-refractivity contribution in [3.8, 4) is 23.2 Å². The molecule has 11 heteroatoms. The number of hydrogen-bond acceptors (Lipinski definition) is 8. The summed E-state index contributed by atoms with van der Waals surface area (Å²) in [6, 6.07) is 15.0. The molecule has 196 valence electrons.